The van der Waals surface area contributed by atoms with Gasteiger partial charge in [0.25, 0.3) is 0 Å². The van der Waals surface area contributed by atoms with Gasteiger partial charge < -0.3 is 9.84 Å². The lowest BCUT2D eigenvalue weighted by Crippen LogP contribution is -2.19. The van der Waals surface area contributed by atoms with E-state index < -0.39 is 35.4 Å². The Labute approximate surface area is 95.6 Å². The summed E-state index contributed by atoms with van der Waals surface area (Å²) < 4.78 is 75.7. The monoisotopic (exact) mass is 274 g/mol. The molecule has 1 aromatic carbocycles. The summed E-state index contributed by atoms with van der Waals surface area (Å²) in [7, 11) is 0. The fourth-order valence-corrected chi connectivity index (χ4v) is 1.09. The van der Waals surface area contributed by atoms with Crippen LogP contribution in [0.3, 0.4) is 0 Å². The van der Waals surface area contributed by atoms with Crippen LogP contribution in [0.25, 0.3) is 0 Å². The number of benzene rings is 1. The Morgan fingerprint density at radius 1 is 1.11 bits per heavy atom. The van der Waals surface area contributed by atoms with Crippen molar-refractivity contribution in [1.29, 1.82) is 0 Å². The highest BCUT2D eigenvalue weighted by Gasteiger charge is 2.35. The van der Waals surface area contributed by atoms with Crippen LogP contribution in [0.5, 0.6) is 5.75 Å². The summed E-state index contributed by atoms with van der Waals surface area (Å²) in [6.07, 6.45) is -10.1. The van der Waals surface area contributed by atoms with E-state index in [0.717, 1.165) is 0 Å². The number of ether oxygens (including phenoxy) is 1. The number of hydrogen-bond acceptors (Lipinski definition) is 2. The summed E-state index contributed by atoms with van der Waals surface area (Å²) in [6, 6.07) is 0.677. The van der Waals surface area contributed by atoms with Gasteiger partial charge in [-0.2, -0.15) is 13.2 Å². The van der Waals surface area contributed by atoms with Crippen LogP contribution in [0, 0.1) is 0 Å². The molecule has 100 valence electrons. The lowest BCUT2D eigenvalue weighted by molar-refractivity contribution is -0.274. The molecule has 18 heavy (non-hydrogen) atoms. The third-order valence-corrected chi connectivity index (χ3v) is 1.76. The Kier molecular flexibility index (Phi) is 3.45. The summed E-state index contributed by atoms with van der Waals surface area (Å²) in [5.74, 6) is -3.16. The summed E-state index contributed by atoms with van der Waals surface area (Å²) in [5.41, 5.74) is -2.60. The Hall–Kier alpha value is -1.93. The zero-order chi connectivity index (χ0) is 14.1. The second kappa shape index (κ2) is 4.39. The van der Waals surface area contributed by atoms with Gasteiger partial charge in [0.05, 0.1) is 5.56 Å². The number of hydrogen-bond donors (Lipinski definition) is 1. The average Bonchev–Trinajstić information content (AvgIpc) is 2.13. The number of rotatable bonds is 2. The Morgan fingerprint density at radius 2 is 1.67 bits per heavy atom. The minimum Gasteiger partial charge on any atom is -0.478 e. The molecule has 0 unspecified atom stereocenters. The first kappa shape index (κ1) is 14.1. The van der Waals surface area contributed by atoms with E-state index in [1.54, 1.807) is 0 Å². The van der Waals surface area contributed by atoms with E-state index >= 15 is 0 Å². The maximum absolute atomic E-state index is 12.2. The molecule has 0 radical (unpaired) electrons. The molecule has 1 aromatic rings. The van der Waals surface area contributed by atoms with Crippen molar-refractivity contribution in [3.05, 3.63) is 29.3 Å². The fraction of sp³-hybridized carbons (Fsp3) is 0.222. The van der Waals surface area contributed by atoms with Crippen molar-refractivity contribution in [1.82, 2.24) is 0 Å². The van der Waals surface area contributed by atoms with Crippen LogP contribution in [0.1, 0.15) is 15.9 Å². The van der Waals surface area contributed by atoms with Crippen LogP contribution in [-0.2, 0) is 6.18 Å². The molecule has 0 heterocycles. The van der Waals surface area contributed by atoms with Gasteiger partial charge in [-0.1, -0.05) is 0 Å². The van der Waals surface area contributed by atoms with Gasteiger partial charge in [0.1, 0.15) is 11.3 Å². The summed E-state index contributed by atoms with van der Waals surface area (Å²) in [4.78, 5) is 10.6. The number of carboxylic acid groups (broad SMARTS) is 1. The lowest BCUT2D eigenvalue weighted by Gasteiger charge is -2.13. The zero-order valence-corrected chi connectivity index (χ0v) is 8.26. The smallest absolute Gasteiger partial charge is 0.478 e. The van der Waals surface area contributed by atoms with Crippen LogP contribution >= 0.6 is 0 Å². The van der Waals surface area contributed by atoms with Crippen LogP contribution in [0.4, 0.5) is 26.3 Å². The van der Waals surface area contributed by atoms with Crippen molar-refractivity contribution in [2.24, 2.45) is 0 Å². The van der Waals surface area contributed by atoms with Gasteiger partial charge in [0.15, 0.2) is 0 Å². The van der Waals surface area contributed by atoms with E-state index in [4.69, 9.17) is 5.11 Å². The predicted molar refractivity (Wildman–Crippen MR) is 45.1 cm³/mol. The van der Waals surface area contributed by atoms with Crippen molar-refractivity contribution in [2.75, 3.05) is 0 Å². The molecule has 0 amide bonds. The van der Waals surface area contributed by atoms with Crippen molar-refractivity contribution < 1.29 is 41.0 Å². The molecule has 0 bridgehead atoms. The molecule has 0 spiro atoms. The van der Waals surface area contributed by atoms with E-state index in [9.17, 15) is 31.1 Å². The molecule has 0 atom stereocenters. The van der Waals surface area contributed by atoms with Gasteiger partial charge in [0, 0.05) is 0 Å². The first-order valence-corrected chi connectivity index (χ1v) is 4.21. The highest BCUT2D eigenvalue weighted by Crippen LogP contribution is 2.34. The standard InChI is InChI=1S/C9H4F6O3/c10-8(11,12)4-1-2-6(18-9(13,14)15)5(3-4)7(16)17/h1-3H,(H,16,17). The number of carbonyl (C=O) groups is 1. The molecule has 0 aliphatic carbocycles. The fourth-order valence-electron chi connectivity index (χ4n) is 1.09. The number of alkyl halides is 6. The van der Waals surface area contributed by atoms with Gasteiger partial charge >= 0.3 is 18.5 Å². The molecular weight excluding hydrogens is 270 g/mol. The maximum atomic E-state index is 12.2. The molecule has 0 saturated carbocycles. The molecule has 0 fully saturated rings. The molecular formula is C9H4F6O3. The first-order valence-electron chi connectivity index (χ1n) is 4.21. The van der Waals surface area contributed by atoms with Crippen molar-refractivity contribution in [3.8, 4) is 5.75 Å². The predicted octanol–water partition coefficient (Wildman–Crippen LogP) is 3.30. The van der Waals surface area contributed by atoms with E-state index in [2.05, 4.69) is 4.74 Å². The molecule has 0 aromatic heterocycles. The first-order chi connectivity index (χ1) is 8.00. The Morgan fingerprint density at radius 3 is 2.06 bits per heavy atom. The molecule has 1 N–H and O–H groups in total. The van der Waals surface area contributed by atoms with Gasteiger partial charge in [-0.3, -0.25) is 0 Å². The molecule has 3 nitrogen and oxygen atoms in total. The summed E-state index contributed by atoms with van der Waals surface area (Å²) in [6.45, 7) is 0. The molecule has 0 saturated heterocycles. The van der Waals surface area contributed by atoms with Crippen LogP contribution in [0.15, 0.2) is 18.2 Å². The second-order valence-corrected chi connectivity index (χ2v) is 3.06. The van der Waals surface area contributed by atoms with Gasteiger partial charge in [-0.15, -0.1) is 13.2 Å². The van der Waals surface area contributed by atoms with E-state index in [1.807, 2.05) is 0 Å². The van der Waals surface area contributed by atoms with Crippen molar-refractivity contribution in [2.45, 2.75) is 12.5 Å². The number of carboxylic acids is 1. The van der Waals surface area contributed by atoms with Crippen molar-refractivity contribution >= 4 is 5.97 Å². The van der Waals surface area contributed by atoms with Gasteiger partial charge in [-0.25, -0.2) is 4.79 Å². The minimum absolute atomic E-state index is 0.0728. The third-order valence-electron chi connectivity index (χ3n) is 1.76. The number of halogens is 6. The summed E-state index contributed by atoms with van der Waals surface area (Å²) in [5, 5.41) is 8.54. The normalized spacial score (nSPS) is 12.3. The molecule has 0 aliphatic rings. The zero-order valence-electron chi connectivity index (χ0n) is 8.26. The van der Waals surface area contributed by atoms with Gasteiger partial charge in [-0.05, 0) is 18.2 Å². The molecule has 0 aliphatic heterocycles. The topological polar surface area (TPSA) is 46.5 Å². The molecule has 9 heteroatoms. The quantitative estimate of drug-likeness (QED) is 0.841. The van der Waals surface area contributed by atoms with Crippen LogP contribution in [-0.4, -0.2) is 17.4 Å². The van der Waals surface area contributed by atoms with E-state index in [1.165, 1.54) is 0 Å². The number of aromatic carboxylic acids is 1. The van der Waals surface area contributed by atoms with Crippen LogP contribution < -0.4 is 4.74 Å². The largest absolute Gasteiger partial charge is 0.573 e. The summed E-state index contributed by atoms with van der Waals surface area (Å²) >= 11 is 0. The lowest BCUT2D eigenvalue weighted by atomic mass is 10.1. The molecule has 1 rings (SSSR count). The van der Waals surface area contributed by atoms with Gasteiger partial charge in [0.2, 0.25) is 0 Å². The highest BCUT2D eigenvalue weighted by atomic mass is 19.4. The van der Waals surface area contributed by atoms with Crippen LogP contribution in [0.2, 0.25) is 0 Å². The van der Waals surface area contributed by atoms with E-state index in [-0.39, 0.29) is 6.07 Å². The second-order valence-electron chi connectivity index (χ2n) is 3.06. The Balaban J connectivity index is 3.26. The van der Waals surface area contributed by atoms with E-state index in [0.29, 0.717) is 12.1 Å². The van der Waals surface area contributed by atoms with Crippen molar-refractivity contribution in [3.63, 3.8) is 0 Å². The SMILES string of the molecule is O=C(O)c1cc(C(F)(F)F)ccc1OC(F)(F)F. The Bertz CT molecular complexity index is 462. The highest BCUT2D eigenvalue weighted by molar-refractivity contribution is 5.91. The maximum Gasteiger partial charge on any atom is 0.573 e. The third kappa shape index (κ3) is 3.54. The minimum atomic E-state index is -5.19. The average molecular weight is 274 g/mol.